The molecule has 1 unspecified atom stereocenters. The fourth-order valence-corrected chi connectivity index (χ4v) is 4.96. The largest absolute Gasteiger partial charge is 0.508 e. The van der Waals surface area contributed by atoms with E-state index >= 15 is 0 Å². The van der Waals surface area contributed by atoms with Crippen molar-refractivity contribution in [2.24, 2.45) is 0 Å². The number of aliphatic hydroxyl groups is 1. The Hall–Kier alpha value is -3.90. The molecule has 2 heterocycles. The molecule has 2 aromatic carbocycles. The summed E-state index contributed by atoms with van der Waals surface area (Å²) in [5.41, 5.74) is 4.02. The molecule has 0 saturated heterocycles. The molecule has 0 aliphatic carbocycles. The van der Waals surface area contributed by atoms with Crippen molar-refractivity contribution in [3.05, 3.63) is 102 Å². The average Bonchev–Trinajstić information content (AvgIpc) is 2.96. The summed E-state index contributed by atoms with van der Waals surface area (Å²) in [6.07, 6.45) is 4.85. The van der Waals surface area contributed by atoms with Crippen LogP contribution in [0.15, 0.2) is 85.2 Å². The molecule has 0 aliphatic rings. The molecule has 4 aromatic rings. The second-order valence-electron chi connectivity index (χ2n) is 9.37. The van der Waals surface area contributed by atoms with Crippen molar-refractivity contribution in [3.8, 4) is 17.0 Å². The smallest absolute Gasteiger partial charge is 0.223 e. The van der Waals surface area contributed by atoms with Gasteiger partial charge in [0.05, 0.1) is 17.6 Å². The predicted molar refractivity (Wildman–Crippen MR) is 155 cm³/mol. The fourth-order valence-electron chi connectivity index (χ4n) is 4.12. The maximum atomic E-state index is 12.5. The lowest BCUT2D eigenvalue weighted by Crippen LogP contribution is -2.33. The Bertz CT molecular complexity index is 1470. The lowest BCUT2D eigenvalue weighted by atomic mass is 10.1. The molecule has 40 heavy (non-hydrogen) atoms. The van der Waals surface area contributed by atoms with Crippen LogP contribution in [0.25, 0.3) is 11.3 Å². The third-order valence-corrected chi connectivity index (χ3v) is 7.48. The van der Waals surface area contributed by atoms with Gasteiger partial charge in [-0.2, -0.15) is 4.31 Å². The first kappa shape index (κ1) is 29.1. The number of aromatic nitrogens is 3. The van der Waals surface area contributed by atoms with Crippen molar-refractivity contribution in [3.63, 3.8) is 0 Å². The van der Waals surface area contributed by atoms with E-state index < -0.39 is 16.3 Å². The van der Waals surface area contributed by atoms with Crippen LogP contribution >= 0.6 is 0 Å². The number of aliphatic hydroxyl groups excluding tert-OH is 1. The molecule has 11 heteroatoms. The Kier molecular flexibility index (Phi) is 10.1. The molecule has 10 nitrogen and oxygen atoms in total. The van der Waals surface area contributed by atoms with Gasteiger partial charge in [-0.3, -0.25) is 10.3 Å². The monoisotopic (exact) mass is 562 g/mol. The molecule has 1 atom stereocenters. The third-order valence-electron chi connectivity index (χ3n) is 6.23. The minimum atomic E-state index is -3.45. The number of sulfonamides is 1. The summed E-state index contributed by atoms with van der Waals surface area (Å²) in [7, 11) is -3.45. The highest BCUT2D eigenvalue weighted by atomic mass is 32.2. The third kappa shape index (κ3) is 8.82. The van der Waals surface area contributed by atoms with Gasteiger partial charge < -0.3 is 15.5 Å². The van der Waals surface area contributed by atoms with Gasteiger partial charge >= 0.3 is 0 Å². The van der Waals surface area contributed by atoms with Gasteiger partial charge in [0.15, 0.2) is 0 Å². The molecular formula is C29H34N6O4S. The average molecular weight is 563 g/mol. The highest BCUT2D eigenvalue weighted by Crippen LogP contribution is 2.21. The summed E-state index contributed by atoms with van der Waals surface area (Å²) in [5.74, 6) is 0.739. The SMILES string of the molecule is CS(=O)(=O)N(CCCNC(O)c1ccccn1)Cc1cccc(-c2ccnc(NCCc3ccc(O)cc3)n2)c1. The number of phenols is 1. The quantitative estimate of drug-likeness (QED) is 0.135. The van der Waals surface area contributed by atoms with Crippen LogP contribution in [0, 0.1) is 0 Å². The molecule has 0 bridgehead atoms. The number of rotatable bonds is 14. The van der Waals surface area contributed by atoms with Crippen LogP contribution in [0.5, 0.6) is 5.75 Å². The number of nitrogens with zero attached hydrogens (tertiary/aromatic N) is 4. The molecule has 4 N–H and O–H groups in total. The number of phenolic OH excluding ortho intramolecular Hbond substituents is 1. The van der Waals surface area contributed by atoms with E-state index in [0.717, 1.165) is 28.8 Å². The van der Waals surface area contributed by atoms with Gasteiger partial charge in [0.1, 0.15) is 12.0 Å². The van der Waals surface area contributed by atoms with Crippen molar-refractivity contribution in [1.82, 2.24) is 24.6 Å². The first-order valence-electron chi connectivity index (χ1n) is 13.0. The van der Waals surface area contributed by atoms with Crippen molar-refractivity contribution in [2.75, 3.05) is 31.2 Å². The lowest BCUT2D eigenvalue weighted by Gasteiger charge is -2.21. The highest BCUT2D eigenvalue weighted by Gasteiger charge is 2.17. The molecule has 0 fully saturated rings. The van der Waals surface area contributed by atoms with Gasteiger partial charge in [-0.15, -0.1) is 0 Å². The van der Waals surface area contributed by atoms with Crippen LogP contribution in [0.2, 0.25) is 0 Å². The maximum Gasteiger partial charge on any atom is 0.223 e. The Balaban J connectivity index is 1.34. The molecular weight excluding hydrogens is 528 g/mol. The Morgan fingerprint density at radius 1 is 0.925 bits per heavy atom. The lowest BCUT2D eigenvalue weighted by molar-refractivity contribution is 0.133. The normalized spacial score (nSPS) is 12.4. The number of hydrogen-bond acceptors (Lipinski definition) is 9. The molecule has 0 radical (unpaired) electrons. The zero-order valence-electron chi connectivity index (χ0n) is 22.3. The van der Waals surface area contributed by atoms with E-state index in [9.17, 15) is 18.6 Å². The summed E-state index contributed by atoms with van der Waals surface area (Å²) in [4.78, 5) is 13.1. The van der Waals surface area contributed by atoms with Gasteiger partial charge in [0, 0.05) is 37.6 Å². The van der Waals surface area contributed by atoms with Crippen LogP contribution < -0.4 is 10.6 Å². The summed E-state index contributed by atoms with van der Waals surface area (Å²) in [5, 5.41) is 25.9. The first-order chi connectivity index (χ1) is 19.3. The van der Waals surface area contributed by atoms with Crippen LogP contribution in [-0.4, -0.2) is 63.8 Å². The van der Waals surface area contributed by atoms with Crippen molar-refractivity contribution >= 4 is 16.0 Å². The molecule has 0 aliphatic heterocycles. The number of hydrogen-bond donors (Lipinski definition) is 4. The van der Waals surface area contributed by atoms with Gasteiger partial charge in [-0.1, -0.05) is 36.4 Å². The number of benzene rings is 2. The van der Waals surface area contributed by atoms with E-state index in [1.807, 2.05) is 42.5 Å². The van der Waals surface area contributed by atoms with Crippen molar-refractivity contribution in [2.45, 2.75) is 25.6 Å². The Morgan fingerprint density at radius 3 is 2.50 bits per heavy atom. The van der Waals surface area contributed by atoms with Crippen molar-refractivity contribution in [1.29, 1.82) is 0 Å². The van der Waals surface area contributed by atoms with Crippen LogP contribution in [0.1, 0.15) is 29.5 Å². The highest BCUT2D eigenvalue weighted by molar-refractivity contribution is 7.88. The van der Waals surface area contributed by atoms with Gasteiger partial charge in [0.2, 0.25) is 16.0 Å². The Morgan fingerprint density at radius 2 is 1.75 bits per heavy atom. The molecule has 0 amide bonds. The number of nitrogens with one attached hydrogen (secondary N) is 2. The van der Waals surface area contributed by atoms with Gasteiger partial charge in [-0.25, -0.2) is 18.4 Å². The zero-order chi connectivity index (χ0) is 28.4. The topological polar surface area (TPSA) is 141 Å². The standard InChI is InChI=1S/C29H34N6O4S/c1-40(38,39)35(19-5-16-31-28(37)27-8-2-3-15-30-27)21-23-6-4-7-24(20-23)26-14-18-33-29(34-26)32-17-13-22-9-11-25(36)12-10-22/h2-4,6-12,14-15,18,20,28,31,36-37H,5,13,16-17,19,21H2,1H3,(H,32,33,34). The Labute approximate surface area is 234 Å². The van der Waals surface area contributed by atoms with Crippen LogP contribution in [0.3, 0.4) is 0 Å². The molecule has 4 rings (SSSR count). The number of aromatic hydroxyl groups is 1. The molecule has 0 spiro atoms. The minimum absolute atomic E-state index is 0.221. The van der Waals surface area contributed by atoms with E-state index in [4.69, 9.17) is 0 Å². The zero-order valence-corrected chi connectivity index (χ0v) is 23.1. The van der Waals surface area contributed by atoms with E-state index in [1.165, 1.54) is 10.6 Å². The summed E-state index contributed by atoms with van der Waals surface area (Å²) < 4.78 is 26.4. The first-order valence-corrected chi connectivity index (χ1v) is 14.8. The minimum Gasteiger partial charge on any atom is -0.508 e. The molecule has 210 valence electrons. The van der Waals surface area contributed by atoms with E-state index in [1.54, 1.807) is 42.7 Å². The molecule has 0 saturated carbocycles. The van der Waals surface area contributed by atoms with Crippen LogP contribution in [0.4, 0.5) is 5.95 Å². The summed E-state index contributed by atoms with van der Waals surface area (Å²) in [6, 6.07) is 21.8. The maximum absolute atomic E-state index is 12.5. The fraction of sp³-hybridized carbons (Fsp3) is 0.276. The second-order valence-corrected chi connectivity index (χ2v) is 11.4. The summed E-state index contributed by atoms with van der Waals surface area (Å²) >= 11 is 0. The van der Waals surface area contributed by atoms with E-state index in [2.05, 4.69) is 25.6 Å². The van der Waals surface area contributed by atoms with E-state index in [0.29, 0.717) is 37.7 Å². The summed E-state index contributed by atoms with van der Waals surface area (Å²) in [6.45, 7) is 1.57. The van der Waals surface area contributed by atoms with Crippen LogP contribution in [-0.2, 0) is 23.0 Å². The van der Waals surface area contributed by atoms with E-state index in [-0.39, 0.29) is 12.3 Å². The predicted octanol–water partition coefficient (Wildman–Crippen LogP) is 3.33. The van der Waals surface area contributed by atoms with Gasteiger partial charge in [-0.05, 0) is 66.9 Å². The van der Waals surface area contributed by atoms with Gasteiger partial charge in [0.25, 0.3) is 0 Å². The number of anilines is 1. The molecule has 2 aromatic heterocycles. The number of pyridine rings is 1. The second kappa shape index (κ2) is 13.9. The van der Waals surface area contributed by atoms with Crippen molar-refractivity contribution < 1.29 is 18.6 Å².